The molecule has 0 bridgehead atoms. The molecule has 0 saturated heterocycles. The fraction of sp³-hybridized carbons (Fsp3) is 0.167. The summed E-state index contributed by atoms with van der Waals surface area (Å²) in [6.45, 7) is 3.88. The number of aromatic amines is 1. The first-order valence-electron chi connectivity index (χ1n) is 13.0. The number of hydrogen-bond donors (Lipinski definition) is 1. The van der Waals surface area contributed by atoms with Gasteiger partial charge in [-0.25, -0.2) is 14.4 Å². The molecule has 0 radical (unpaired) electrons. The van der Waals surface area contributed by atoms with Crippen molar-refractivity contribution < 1.29 is 80.4 Å². The molecule has 3 aromatic carbocycles. The van der Waals surface area contributed by atoms with Gasteiger partial charge in [-0.1, -0.05) is 59.8 Å². The van der Waals surface area contributed by atoms with Crippen LogP contribution in [0.1, 0.15) is 35.8 Å². The molecule has 6 rings (SSSR count). The Morgan fingerprint density at radius 1 is 1.00 bits per heavy atom. The normalized spacial score (nSPS) is 10.9. The van der Waals surface area contributed by atoms with E-state index in [1.807, 2.05) is 60.0 Å². The first-order valence-corrected chi connectivity index (χ1v) is 13.0. The Balaban J connectivity index is 0.00000221. The van der Waals surface area contributed by atoms with E-state index in [2.05, 4.69) is 19.6 Å². The number of imidazole rings is 1. The minimum Gasteiger partial charge on any atom is -1.00 e. The van der Waals surface area contributed by atoms with Crippen molar-refractivity contribution in [2.45, 2.75) is 27.0 Å². The van der Waals surface area contributed by atoms with E-state index in [1.165, 1.54) is 0 Å². The van der Waals surface area contributed by atoms with Gasteiger partial charge in [0.2, 0.25) is 0 Å². The van der Waals surface area contributed by atoms with Crippen LogP contribution in [0.5, 0.6) is 6.01 Å². The molecule has 3 aromatic heterocycles. The summed E-state index contributed by atoms with van der Waals surface area (Å²) in [7, 11) is 0. The zero-order valence-corrected chi connectivity index (χ0v) is 26.7. The molecule has 13 heteroatoms. The number of fused-ring (bicyclic) bond motifs is 1. The quantitative estimate of drug-likeness (QED) is 0.190. The molecule has 0 fully saturated rings. The number of rotatable bonds is 9. The predicted molar refractivity (Wildman–Crippen MR) is 150 cm³/mol. The van der Waals surface area contributed by atoms with Gasteiger partial charge in [0, 0.05) is 5.56 Å². The van der Waals surface area contributed by atoms with Crippen LogP contribution < -0.4 is 67.7 Å². The molecule has 0 atom stereocenters. The minimum atomic E-state index is -0.859. The van der Waals surface area contributed by atoms with Gasteiger partial charge >= 0.3 is 68.9 Å². The van der Waals surface area contributed by atoms with Crippen LogP contribution in [0.4, 0.5) is 0 Å². The molecule has 0 aliphatic rings. The molecule has 3 heterocycles. The summed E-state index contributed by atoms with van der Waals surface area (Å²) < 4.78 is 27.6. The first kappa shape index (κ1) is 30.4. The van der Waals surface area contributed by atoms with Gasteiger partial charge in [0.05, 0.1) is 29.7 Å². The smallest absolute Gasteiger partial charge is 1.00 e. The van der Waals surface area contributed by atoms with Gasteiger partial charge in [0.25, 0.3) is 6.01 Å². The van der Waals surface area contributed by atoms with Crippen molar-refractivity contribution in [1.82, 2.24) is 19.7 Å². The Morgan fingerprint density at radius 3 is 2.44 bits per heavy atom. The number of carbonyl (C=O) groups is 1. The van der Waals surface area contributed by atoms with Crippen LogP contribution in [0.25, 0.3) is 33.5 Å². The summed E-state index contributed by atoms with van der Waals surface area (Å²) in [6, 6.07) is 20.9. The van der Waals surface area contributed by atoms with Crippen molar-refractivity contribution in [2.75, 3.05) is 6.61 Å². The maximum atomic E-state index is 13.2. The summed E-state index contributed by atoms with van der Waals surface area (Å²) in [5, 5.41) is 3.83. The van der Waals surface area contributed by atoms with Crippen molar-refractivity contribution in [2.24, 2.45) is 0 Å². The number of H-pyrrole nitrogens is 1. The average Bonchev–Trinajstić information content (AvgIpc) is 3.68. The van der Waals surface area contributed by atoms with E-state index in [0.29, 0.717) is 36.0 Å². The van der Waals surface area contributed by atoms with Gasteiger partial charge in [-0.2, -0.15) is 4.98 Å². The first-order chi connectivity index (χ1) is 20.4. The van der Waals surface area contributed by atoms with Crippen LogP contribution in [-0.2, 0) is 17.9 Å². The van der Waals surface area contributed by atoms with E-state index in [9.17, 15) is 14.4 Å². The standard InChI is InChI=1S/C30H24N4O8.K.H/c1-3-38-28-31-23-10-6-9-22(27(35)39-16-24-17(2)40-30(37)41-24)25(23)34(28)15-18-11-13-19(14-12-18)20-7-4-5-8-21(20)26-32-29(36)42-33-26;;/h4-14H,3,15-16H2,1-2H3,(H,32,33,36);;/q;+1;-1. The van der Waals surface area contributed by atoms with Gasteiger partial charge in [-0.15, -0.1) is 0 Å². The number of aromatic nitrogens is 4. The third kappa shape index (κ3) is 6.35. The van der Waals surface area contributed by atoms with Crippen molar-refractivity contribution in [3.8, 4) is 28.5 Å². The second-order valence-electron chi connectivity index (χ2n) is 9.28. The van der Waals surface area contributed by atoms with Crippen LogP contribution >= 0.6 is 0 Å². The maximum Gasteiger partial charge on any atom is 1.00 e. The SMILES string of the molecule is CCOc1nc2cccc(C(=O)OCc3oc(=O)oc3C)c2n1Cc1ccc(-c2ccccc2-c2noc(=O)[nH]2)cc1.[H-].[K+]. The number of aryl methyl sites for hydroxylation is 1. The molecular weight excluding hydrogens is 583 g/mol. The zero-order valence-electron chi connectivity index (χ0n) is 24.6. The Kier molecular flexibility index (Phi) is 9.27. The van der Waals surface area contributed by atoms with Crippen molar-refractivity contribution in [3.05, 3.63) is 111 Å². The van der Waals surface area contributed by atoms with E-state index in [1.54, 1.807) is 25.1 Å². The van der Waals surface area contributed by atoms with Crippen LogP contribution in [0.15, 0.2) is 89.7 Å². The second-order valence-corrected chi connectivity index (χ2v) is 9.28. The van der Waals surface area contributed by atoms with Crippen LogP contribution in [0, 0.1) is 6.92 Å². The minimum absolute atomic E-state index is 0. The fourth-order valence-electron chi connectivity index (χ4n) is 4.69. The second kappa shape index (κ2) is 13.1. The number of ether oxygens (including phenoxy) is 2. The molecule has 0 saturated carbocycles. The average molecular weight is 609 g/mol. The zero-order chi connectivity index (χ0) is 29.2. The van der Waals surface area contributed by atoms with Crippen molar-refractivity contribution in [3.63, 3.8) is 0 Å². The Hall–Kier alpha value is -4.01. The van der Waals surface area contributed by atoms with E-state index >= 15 is 0 Å². The Labute approximate surface area is 287 Å². The third-order valence-corrected chi connectivity index (χ3v) is 6.62. The molecule has 0 aliphatic heterocycles. The van der Waals surface area contributed by atoms with E-state index in [4.69, 9.17) is 18.3 Å². The molecule has 12 nitrogen and oxygen atoms in total. The van der Waals surface area contributed by atoms with E-state index in [0.717, 1.165) is 22.3 Å². The number of hydrogen-bond acceptors (Lipinski definition) is 10. The van der Waals surface area contributed by atoms with Crippen LogP contribution in [0.2, 0.25) is 0 Å². The molecule has 0 spiro atoms. The number of carbonyl (C=O) groups excluding carboxylic acids is 1. The van der Waals surface area contributed by atoms with Gasteiger partial charge in [-0.05, 0) is 42.7 Å². The number of nitrogens with zero attached hydrogens (tertiary/aromatic N) is 3. The van der Waals surface area contributed by atoms with Crippen molar-refractivity contribution in [1.29, 1.82) is 0 Å². The fourth-order valence-corrected chi connectivity index (χ4v) is 4.69. The summed E-state index contributed by atoms with van der Waals surface area (Å²) in [6.07, 6.45) is 0. The Bertz CT molecular complexity index is 2020. The Morgan fingerprint density at radius 2 is 1.77 bits per heavy atom. The summed E-state index contributed by atoms with van der Waals surface area (Å²) in [4.78, 5) is 43.2. The monoisotopic (exact) mass is 608 g/mol. The van der Waals surface area contributed by atoms with Crippen LogP contribution in [0.3, 0.4) is 0 Å². The van der Waals surface area contributed by atoms with Crippen molar-refractivity contribution >= 4 is 17.0 Å². The molecule has 0 aliphatic carbocycles. The topological polar surface area (TPSA) is 156 Å². The molecule has 1 N–H and O–H groups in total. The summed E-state index contributed by atoms with van der Waals surface area (Å²) >= 11 is 0. The van der Waals surface area contributed by atoms with Gasteiger partial charge in [-0.3, -0.25) is 14.1 Å². The van der Waals surface area contributed by atoms with Gasteiger partial charge in [0.1, 0.15) is 0 Å². The number of nitrogens with one attached hydrogen (secondary N) is 1. The van der Waals surface area contributed by atoms with Gasteiger partial charge < -0.3 is 19.7 Å². The largest absolute Gasteiger partial charge is 1.00 e. The van der Waals surface area contributed by atoms with Crippen LogP contribution in [-0.4, -0.2) is 32.3 Å². The summed E-state index contributed by atoms with van der Waals surface area (Å²) in [5.41, 5.74) is 4.80. The molecule has 0 amide bonds. The molecule has 0 unspecified atom stereocenters. The summed E-state index contributed by atoms with van der Waals surface area (Å²) in [5.74, 6) is -1.38. The molecule has 43 heavy (non-hydrogen) atoms. The molecular formula is C30H25KN4O8. The molecule has 214 valence electrons. The number of esters is 1. The number of para-hydroxylation sites is 1. The van der Waals surface area contributed by atoms with Gasteiger partial charge in [0.15, 0.2) is 24.0 Å². The third-order valence-electron chi connectivity index (χ3n) is 6.62. The maximum absolute atomic E-state index is 13.2. The predicted octanol–water partition coefficient (Wildman–Crippen LogP) is 1.82. The number of benzene rings is 3. The molecule has 6 aromatic rings. The van der Waals surface area contributed by atoms with E-state index < -0.39 is 17.5 Å². The van der Waals surface area contributed by atoms with E-state index in [-0.39, 0.29) is 76.5 Å².